The minimum Gasteiger partial charge on any atom is -0.397 e. The van der Waals surface area contributed by atoms with Crippen LogP contribution < -0.4 is 11.1 Å². The molecule has 3 N–H and O–H groups in total. The van der Waals surface area contributed by atoms with Gasteiger partial charge in [0.25, 0.3) is 5.91 Å². The molecule has 18 heavy (non-hydrogen) atoms. The highest BCUT2D eigenvalue weighted by Crippen LogP contribution is 2.17. The fraction of sp³-hybridized carbons (Fsp3) is 0.462. The van der Waals surface area contributed by atoms with Crippen molar-refractivity contribution >= 4 is 17.3 Å². The summed E-state index contributed by atoms with van der Waals surface area (Å²) in [5, 5.41) is 2.81. The minimum atomic E-state index is -0.418. The van der Waals surface area contributed by atoms with Crippen LogP contribution in [-0.4, -0.2) is 43.2 Å². The van der Waals surface area contributed by atoms with Gasteiger partial charge in [0.1, 0.15) is 6.10 Å². The maximum atomic E-state index is 12.1. The number of ether oxygens (including phenoxy) is 1. The van der Waals surface area contributed by atoms with E-state index in [2.05, 4.69) is 17.1 Å². The third-order valence-electron chi connectivity index (χ3n) is 3.11. The van der Waals surface area contributed by atoms with Crippen molar-refractivity contribution in [3.05, 3.63) is 24.3 Å². The predicted molar refractivity (Wildman–Crippen MR) is 71.3 cm³/mol. The molecule has 1 aromatic rings. The number of benzene rings is 1. The SMILES string of the molecule is CCN1CCOC(C(=O)Nc2ccccc2N)C1. The van der Waals surface area contributed by atoms with Gasteiger partial charge in [0.15, 0.2) is 0 Å². The van der Waals surface area contributed by atoms with Crippen LogP contribution >= 0.6 is 0 Å². The van der Waals surface area contributed by atoms with Gasteiger partial charge in [-0.2, -0.15) is 0 Å². The smallest absolute Gasteiger partial charge is 0.254 e. The number of carbonyl (C=O) groups is 1. The van der Waals surface area contributed by atoms with Crippen LogP contribution in [0.4, 0.5) is 11.4 Å². The Bertz CT molecular complexity index is 422. The number of rotatable bonds is 3. The van der Waals surface area contributed by atoms with Crippen LogP contribution in [0.1, 0.15) is 6.92 Å². The number of anilines is 2. The average Bonchev–Trinajstić information content (AvgIpc) is 2.41. The first-order valence-electron chi connectivity index (χ1n) is 6.20. The van der Waals surface area contributed by atoms with E-state index in [1.54, 1.807) is 12.1 Å². The third kappa shape index (κ3) is 3.00. The molecule has 1 fully saturated rings. The van der Waals surface area contributed by atoms with Gasteiger partial charge < -0.3 is 15.8 Å². The molecule has 1 heterocycles. The van der Waals surface area contributed by atoms with E-state index in [9.17, 15) is 4.79 Å². The van der Waals surface area contributed by atoms with E-state index < -0.39 is 6.10 Å². The Balaban J connectivity index is 1.97. The number of nitrogen functional groups attached to an aromatic ring is 1. The molecule has 0 spiro atoms. The number of hydrogen-bond donors (Lipinski definition) is 2. The van der Waals surface area contributed by atoms with E-state index in [1.165, 1.54) is 0 Å². The van der Waals surface area contributed by atoms with Crippen LogP contribution in [0.25, 0.3) is 0 Å². The Kier molecular flexibility index (Phi) is 4.17. The molecule has 0 bridgehead atoms. The highest BCUT2D eigenvalue weighted by Gasteiger charge is 2.26. The van der Waals surface area contributed by atoms with Gasteiger partial charge in [0.2, 0.25) is 0 Å². The molecule has 98 valence electrons. The van der Waals surface area contributed by atoms with Crippen LogP contribution in [-0.2, 0) is 9.53 Å². The lowest BCUT2D eigenvalue weighted by molar-refractivity contribution is -0.132. The molecule has 1 amide bonds. The van der Waals surface area contributed by atoms with Crippen LogP contribution in [0.3, 0.4) is 0 Å². The van der Waals surface area contributed by atoms with Crippen molar-refractivity contribution in [3.63, 3.8) is 0 Å². The summed E-state index contributed by atoms with van der Waals surface area (Å²) in [4.78, 5) is 14.3. The third-order valence-corrected chi connectivity index (χ3v) is 3.11. The molecule has 0 saturated carbocycles. The first-order valence-corrected chi connectivity index (χ1v) is 6.20. The first-order chi connectivity index (χ1) is 8.70. The molecule has 1 aromatic carbocycles. The van der Waals surface area contributed by atoms with Gasteiger partial charge in [-0.3, -0.25) is 9.69 Å². The summed E-state index contributed by atoms with van der Waals surface area (Å²) in [5.74, 6) is -0.133. The van der Waals surface area contributed by atoms with Crippen molar-refractivity contribution in [2.24, 2.45) is 0 Å². The number of nitrogens with zero attached hydrogens (tertiary/aromatic N) is 1. The monoisotopic (exact) mass is 249 g/mol. The van der Waals surface area contributed by atoms with E-state index >= 15 is 0 Å². The molecule has 1 atom stereocenters. The molecule has 5 nitrogen and oxygen atoms in total. The Morgan fingerprint density at radius 2 is 2.33 bits per heavy atom. The Morgan fingerprint density at radius 1 is 1.56 bits per heavy atom. The largest absolute Gasteiger partial charge is 0.397 e. The zero-order valence-corrected chi connectivity index (χ0v) is 10.6. The minimum absolute atomic E-state index is 0.133. The Hall–Kier alpha value is -1.59. The van der Waals surface area contributed by atoms with Crippen LogP contribution in [0.2, 0.25) is 0 Å². The lowest BCUT2D eigenvalue weighted by atomic mass is 10.2. The second-order valence-electron chi connectivity index (χ2n) is 4.33. The van der Waals surface area contributed by atoms with Crippen molar-refractivity contribution in [2.45, 2.75) is 13.0 Å². The summed E-state index contributed by atoms with van der Waals surface area (Å²) >= 11 is 0. The standard InChI is InChI=1S/C13H19N3O2/c1-2-16-7-8-18-12(9-16)13(17)15-11-6-4-3-5-10(11)14/h3-6,12H,2,7-9,14H2,1H3,(H,15,17). The van der Waals surface area contributed by atoms with Crippen LogP contribution in [0.5, 0.6) is 0 Å². The molecule has 1 aliphatic rings. The molecular formula is C13H19N3O2. The van der Waals surface area contributed by atoms with Crippen molar-refractivity contribution in [1.82, 2.24) is 4.90 Å². The van der Waals surface area contributed by atoms with Gasteiger partial charge in [-0.1, -0.05) is 19.1 Å². The average molecular weight is 249 g/mol. The fourth-order valence-electron chi connectivity index (χ4n) is 1.97. The topological polar surface area (TPSA) is 67.6 Å². The molecule has 0 radical (unpaired) electrons. The number of amides is 1. The maximum Gasteiger partial charge on any atom is 0.254 e. The van der Waals surface area contributed by atoms with E-state index in [0.29, 0.717) is 24.5 Å². The number of likely N-dealkylation sites (N-methyl/N-ethyl adjacent to an activating group) is 1. The zero-order chi connectivity index (χ0) is 13.0. The number of hydrogen-bond acceptors (Lipinski definition) is 4. The summed E-state index contributed by atoms with van der Waals surface area (Å²) in [6, 6.07) is 7.22. The number of morpholine rings is 1. The van der Waals surface area contributed by atoms with E-state index in [4.69, 9.17) is 10.5 Å². The molecule has 0 aliphatic carbocycles. The number of nitrogens with one attached hydrogen (secondary N) is 1. The summed E-state index contributed by atoms with van der Waals surface area (Å²) in [6.07, 6.45) is -0.418. The van der Waals surface area contributed by atoms with Crippen LogP contribution in [0.15, 0.2) is 24.3 Å². The summed E-state index contributed by atoms with van der Waals surface area (Å²) in [5.41, 5.74) is 6.99. The number of carbonyl (C=O) groups excluding carboxylic acids is 1. The van der Waals surface area contributed by atoms with Crippen molar-refractivity contribution in [3.8, 4) is 0 Å². The maximum absolute atomic E-state index is 12.1. The second-order valence-corrected chi connectivity index (χ2v) is 4.33. The lowest BCUT2D eigenvalue weighted by Gasteiger charge is -2.31. The number of nitrogens with two attached hydrogens (primary N) is 1. The van der Waals surface area contributed by atoms with E-state index in [-0.39, 0.29) is 5.91 Å². The van der Waals surface area contributed by atoms with Gasteiger partial charge in [-0.25, -0.2) is 0 Å². The zero-order valence-electron chi connectivity index (χ0n) is 10.6. The molecule has 1 aliphatic heterocycles. The van der Waals surface area contributed by atoms with Crippen molar-refractivity contribution < 1.29 is 9.53 Å². The quantitative estimate of drug-likeness (QED) is 0.782. The molecule has 2 rings (SSSR count). The summed E-state index contributed by atoms with van der Waals surface area (Å²) in [7, 11) is 0. The molecule has 1 saturated heterocycles. The summed E-state index contributed by atoms with van der Waals surface area (Å²) in [6.45, 7) is 5.12. The number of para-hydroxylation sites is 2. The van der Waals surface area contributed by atoms with Gasteiger partial charge in [-0.15, -0.1) is 0 Å². The lowest BCUT2D eigenvalue weighted by Crippen LogP contribution is -2.47. The molecule has 1 unspecified atom stereocenters. The highest BCUT2D eigenvalue weighted by atomic mass is 16.5. The van der Waals surface area contributed by atoms with Gasteiger partial charge in [0, 0.05) is 13.1 Å². The Morgan fingerprint density at radius 3 is 3.06 bits per heavy atom. The predicted octanol–water partition coefficient (Wildman–Crippen LogP) is 0.928. The summed E-state index contributed by atoms with van der Waals surface area (Å²) < 4.78 is 5.49. The van der Waals surface area contributed by atoms with Crippen LogP contribution in [0, 0.1) is 0 Å². The second kappa shape index (κ2) is 5.84. The van der Waals surface area contributed by atoms with Gasteiger partial charge in [-0.05, 0) is 18.7 Å². The van der Waals surface area contributed by atoms with Crippen molar-refractivity contribution in [2.75, 3.05) is 37.3 Å². The van der Waals surface area contributed by atoms with E-state index in [1.807, 2.05) is 12.1 Å². The Labute approximate surface area is 107 Å². The molecule has 5 heteroatoms. The normalized spacial score (nSPS) is 20.6. The van der Waals surface area contributed by atoms with Crippen molar-refractivity contribution in [1.29, 1.82) is 0 Å². The highest BCUT2D eigenvalue weighted by molar-refractivity contribution is 5.96. The molecular weight excluding hydrogens is 230 g/mol. The fourth-order valence-corrected chi connectivity index (χ4v) is 1.97. The van der Waals surface area contributed by atoms with E-state index in [0.717, 1.165) is 13.1 Å². The van der Waals surface area contributed by atoms with Gasteiger partial charge in [0.05, 0.1) is 18.0 Å². The molecule has 0 aromatic heterocycles. The van der Waals surface area contributed by atoms with Gasteiger partial charge >= 0.3 is 0 Å². The first kappa shape index (κ1) is 12.9.